The number of hydrogen-bond donors (Lipinski definition) is 0. The lowest BCUT2D eigenvalue weighted by Gasteiger charge is -2.29. The number of rotatable bonds is 8. The number of unbranched alkanes of at least 4 members (excludes halogenated alkanes) is 2. The van der Waals surface area contributed by atoms with Crippen LogP contribution in [-0.2, 0) is 6.42 Å². The molecule has 0 aliphatic heterocycles. The van der Waals surface area contributed by atoms with Gasteiger partial charge in [0, 0.05) is 11.8 Å². The Bertz CT molecular complexity index is 633. The van der Waals surface area contributed by atoms with Gasteiger partial charge in [0.2, 0.25) is 0 Å². The lowest BCUT2D eigenvalue weighted by molar-refractivity contribution is 0.303. The molecule has 0 saturated heterocycles. The molecule has 1 heterocycles. The van der Waals surface area contributed by atoms with Gasteiger partial charge in [-0.3, -0.25) is 4.98 Å². The second-order valence-electron chi connectivity index (χ2n) is 8.14. The van der Waals surface area contributed by atoms with E-state index < -0.39 is 0 Å². The fourth-order valence-electron chi connectivity index (χ4n) is 4.43. The largest absolute Gasteiger partial charge is 0.256 e. The van der Waals surface area contributed by atoms with Gasteiger partial charge in [0.1, 0.15) is 0 Å². The van der Waals surface area contributed by atoms with Crippen LogP contribution in [0.2, 0.25) is 0 Å². The summed E-state index contributed by atoms with van der Waals surface area (Å²) in [6.07, 6.45) is 15.6. The standard InChI is InChI=1S/C25H35N/c1-3-5-6-8-20-9-12-22(13-10-20)23-14-16-24(17-15-23)25-18-11-21(7-4-2)19-26-25/h11,14-20,22H,3-10,12-13H2,1-2H3. The molecular weight excluding hydrogens is 314 g/mol. The van der Waals surface area contributed by atoms with Gasteiger partial charge in [-0.25, -0.2) is 0 Å². The van der Waals surface area contributed by atoms with Crippen molar-refractivity contribution in [2.24, 2.45) is 5.92 Å². The highest BCUT2D eigenvalue weighted by atomic mass is 14.7. The summed E-state index contributed by atoms with van der Waals surface area (Å²) >= 11 is 0. The van der Waals surface area contributed by atoms with Crippen LogP contribution in [0.5, 0.6) is 0 Å². The summed E-state index contributed by atoms with van der Waals surface area (Å²) in [4.78, 5) is 4.66. The fraction of sp³-hybridized carbons (Fsp3) is 0.560. The Labute approximate surface area is 160 Å². The minimum absolute atomic E-state index is 0.770. The van der Waals surface area contributed by atoms with E-state index in [0.717, 1.165) is 24.0 Å². The van der Waals surface area contributed by atoms with E-state index in [1.807, 2.05) is 6.20 Å². The van der Waals surface area contributed by atoms with E-state index in [9.17, 15) is 0 Å². The Kier molecular flexibility index (Phi) is 7.29. The van der Waals surface area contributed by atoms with E-state index in [2.05, 4.69) is 55.2 Å². The van der Waals surface area contributed by atoms with Gasteiger partial charge in [0.25, 0.3) is 0 Å². The zero-order chi connectivity index (χ0) is 18.2. The number of pyridine rings is 1. The second kappa shape index (κ2) is 9.90. The molecule has 140 valence electrons. The molecule has 26 heavy (non-hydrogen) atoms. The van der Waals surface area contributed by atoms with Crippen LogP contribution in [0.3, 0.4) is 0 Å². The molecule has 0 amide bonds. The summed E-state index contributed by atoms with van der Waals surface area (Å²) < 4.78 is 0. The summed E-state index contributed by atoms with van der Waals surface area (Å²) in [6.45, 7) is 4.51. The minimum atomic E-state index is 0.770. The molecule has 1 saturated carbocycles. The van der Waals surface area contributed by atoms with E-state index in [-0.39, 0.29) is 0 Å². The van der Waals surface area contributed by atoms with Crippen LogP contribution < -0.4 is 0 Å². The molecule has 0 spiro atoms. The average Bonchev–Trinajstić information content (AvgIpc) is 2.70. The molecule has 1 aromatic heterocycles. The maximum atomic E-state index is 4.66. The number of aromatic nitrogens is 1. The highest BCUT2D eigenvalue weighted by Gasteiger charge is 2.22. The summed E-state index contributed by atoms with van der Waals surface area (Å²) in [7, 11) is 0. The van der Waals surface area contributed by atoms with Crippen LogP contribution in [0.1, 0.15) is 88.7 Å². The van der Waals surface area contributed by atoms with E-state index in [4.69, 9.17) is 0 Å². The molecule has 1 aliphatic rings. The molecule has 2 aromatic rings. The van der Waals surface area contributed by atoms with Crippen LogP contribution in [0.25, 0.3) is 11.3 Å². The Hall–Kier alpha value is -1.63. The quantitative estimate of drug-likeness (QED) is 0.448. The summed E-state index contributed by atoms with van der Waals surface area (Å²) in [5.41, 5.74) is 5.20. The smallest absolute Gasteiger partial charge is 0.0702 e. The molecule has 1 heteroatoms. The third-order valence-corrected chi connectivity index (χ3v) is 6.10. The second-order valence-corrected chi connectivity index (χ2v) is 8.14. The van der Waals surface area contributed by atoms with E-state index >= 15 is 0 Å². The van der Waals surface area contributed by atoms with Gasteiger partial charge >= 0.3 is 0 Å². The van der Waals surface area contributed by atoms with Crippen LogP contribution in [-0.4, -0.2) is 4.98 Å². The highest BCUT2D eigenvalue weighted by Crippen LogP contribution is 2.38. The van der Waals surface area contributed by atoms with Gasteiger partial charge in [-0.15, -0.1) is 0 Å². The molecule has 0 unspecified atom stereocenters. The van der Waals surface area contributed by atoms with Crippen molar-refractivity contribution < 1.29 is 0 Å². The van der Waals surface area contributed by atoms with Gasteiger partial charge in [-0.05, 0) is 61.1 Å². The normalized spacial score (nSPS) is 20.2. The van der Waals surface area contributed by atoms with Gasteiger partial charge in [-0.1, -0.05) is 76.3 Å². The van der Waals surface area contributed by atoms with Crippen LogP contribution in [0.15, 0.2) is 42.6 Å². The molecule has 1 fully saturated rings. The topological polar surface area (TPSA) is 12.9 Å². The molecular formula is C25H35N. The lowest BCUT2D eigenvalue weighted by atomic mass is 9.77. The SMILES string of the molecule is CCCCCC1CCC(c2ccc(-c3ccc(CCC)cn3)cc2)CC1. The average molecular weight is 350 g/mol. The molecule has 1 aromatic carbocycles. The maximum absolute atomic E-state index is 4.66. The highest BCUT2D eigenvalue weighted by molar-refractivity contribution is 5.59. The first-order chi connectivity index (χ1) is 12.8. The molecule has 3 rings (SSSR count). The van der Waals surface area contributed by atoms with Crippen LogP contribution in [0, 0.1) is 5.92 Å². The zero-order valence-corrected chi connectivity index (χ0v) is 16.7. The molecule has 0 radical (unpaired) electrons. The number of aryl methyl sites for hydroxylation is 1. The van der Waals surface area contributed by atoms with Crippen LogP contribution >= 0.6 is 0 Å². The predicted octanol–water partition coefficient (Wildman–Crippen LogP) is 7.56. The van der Waals surface area contributed by atoms with Crippen molar-refractivity contribution >= 4 is 0 Å². The zero-order valence-electron chi connectivity index (χ0n) is 16.7. The van der Waals surface area contributed by atoms with Crippen molar-refractivity contribution in [3.8, 4) is 11.3 Å². The summed E-state index contributed by atoms with van der Waals surface area (Å²) in [5.74, 6) is 1.76. The maximum Gasteiger partial charge on any atom is 0.0702 e. The van der Waals surface area contributed by atoms with Gasteiger partial charge in [0.15, 0.2) is 0 Å². The van der Waals surface area contributed by atoms with Crippen molar-refractivity contribution in [2.45, 2.75) is 84.0 Å². The van der Waals surface area contributed by atoms with Crippen molar-refractivity contribution in [1.82, 2.24) is 4.98 Å². The van der Waals surface area contributed by atoms with Crippen molar-refractivity contribution in [1.29, 1.82) is 0 Å². The third-order valence-electron chi connectivity index (χ3n) is 6.10. The molecule has 1 nitrogen and oxygen atoms in total. The van der Waals surface area contributed by atoms with Gasteiger partial charge < -0.3 is 0 Å². The molecule has 0 bridgehead atoms. The molecule has 1 aliphatic carbocycles. The Morgan fingerprint density at radius 2 is 1.62 bits per heavy atom. The Balaban J connectivity index is 1.55. The third kappa shape index (κ3) is 5.19. The van der Waals surface area contributed by atoms with E-state index in [1.165, 1.54) is 74.5 Å². The number of nitrogens with zero attached hydrogens (tertiary/aromatic N) is 1. The predicted molar refractivity (Wildman–Crippen MR) is 113 cm³/mol. The Morgan fingerprint density at radius 1 is 0.846 bits per heavy atom. The van der Waals surface area contributed by atoms with Crippen LogP contribution in [0.4, 0.5) is 0 Å². The first kappa shape index (κ1) is 19.1. The monoisotopic (exact) mass is 349 g/mol. The first-order valence-corrected chi connectivity index (χ1v) is 10.9. The summed E-state index contributed by atoms with van der Waals surface area (Å²) in [5, 5.41) is 0. The minimum Gasteiger partial charge on any atom is -0.256 e. The fourth-order valence-corrected chi connectivity index (χ4v) is 4.43. The number of benzene rings is 1. The molecule has 0 N–H and O–H groups in total. The lowest BCUT2D eigenvalue weighted by Crippen LogP contribution is -2.13. The van der Waals surface area contributed by atoms with Crippen molar-refractivity contribution in [2.75, 3.05) is 0 Å². The van der Waals surface area contributed by atoms with E-state index in [1.54, 1.807) is 0 Å². The molecule has 0 atom stereocenters. The van der Waals surface area contributed by atoms with Gasteiger partial charge in [-0.2, -0.15) is 0 Å². The van der Waals surface area contributed by atoms with Gasteiger partial charge in [0.05, 0.1) is 5.69 Å². The number of hydrogen-bond acceptors (Lipinski definition) is 1. The first-order valence-electron chi connectivity index (χ1n) is 10.9. The van der Waals surface area contributed by atoms with Crippen molar-refractivity contribution in [3.63, 3.8) is 0 Å². The van der Waals surface area contributed by atoms with E-state index in [0.29, 0.717) is 0 Å². The Morgan fingerprint density at radius 3 is 2.23 bits per heavy atom. The van der Waals surface area contributed by atoms with Crippen molar-refractivity contribution in [3.05, 3.63) is 53.7 Å². The summed E-state index contributed by atoms with van der Waals surface area (Å²) in [6, 6.07) is 13.6.